The van der Waals surface area contributed by atoms with E-state index in [1.807, 2.05) is 0 Å². The van der Waals surface area contributed by atoms with Crippen LogP contribution in [-0.2, 0) is 33.0 Å². The third kappa shape index (κ3) is 4.54. The molecule has 0 aromatic heterocycles. The number of nitrogens with zero attached hydrogens (tertiary/aromatic N) is 1. The van der Waals surface area contributed by atoms with Gasteiger partial charge in [-0.3, -0.25) is 0 Å². The quantitative estimate of drug-likeness (QED) is 0.719. The fourth-order valence-electron chi connectivity index (χ4n) is 2.58. The van der Waals surface area contributed by atoms with Crippen molar-refractivity contribution in [3.8, 4) is 0 Å². The Balaban J connectivity index is 2.16. The summed E-state index contributed by atoms with van der Waals surface area (Å²) < 4.78 is 52.4. The Bertz CT molecular complexity index is 788. The molecule has 1 unspecified atom stereocenters. The van der Waals surface area contributed by atoms with E-state index in [2.05, 4.69) is 4.72 Å². The second-order valence-corrected chi connectivity index (χ2v) is 9.97. The minimum atomic E-state index is -3.63. The second-order valence-electron chi connectivity index (χ2n) is 5.95. The van der Waals surface area contributed by atoms with E-state index >= 15 is 0 Å². The lowest BCUT2D eigenvalue weighted by Crippen LogP contribution is -2.37. The van der Waals surface area contributed by atoms with Gasteiger partial charge in [0.15, 0.2) is 0 Å². The molecule has 0 fully saturated rings. The van der Waals surface area contributed by atoms with Crippen LogP contribution in [0.4, 0.5) is 0 Å². The monoisotopic (exact) mass is 376 g/mol. The van der Waals surface area contributed by atoms with Crippen molar-refractivity contribution in [1.29, 1.82) is 0 Å². The van der Waals surface area contributed by atoms with Crippen molar-refractivity contribution in [2.75, 3.05) is 18.8 Å². The van der Waals surface area contributed by atoms with Gasteiger partial charge in [0.1, 0.15) is 0 Å². The highest BCUT2D eigenvalue weighted by atomic mass is 32.2. The second kappa shape index (κ2) is 7.49. The summed E-state index contributed by atoms with van der Waals surface area (Å²) in [5, 5.41) is 9.20. The fraction of sp³-hybridized carbons (Fsp3) is 0.600. The molecule has 0 saturated carbocycles. The third-order valence-electron chi connectivity index (χ3n) is 4.08. The van der Waals surface area contributed by atoms with Crippen LogP contribution in [0.3, 0.4) is 0 Å². The zero-order chi connectivity index (χ0) is 18.0. The number of fused-ring (bicyclic) bond motifs is 1. The topological polar surface area (TPSA) is 104 Å². The van der Waals surface area contributed by atoms with E-state index in [0.717, 1.165) is 11.1 Å². The van der Waals surface area contributed by atoms with Gasteiger partial charge >= 0.3 is 0 Å². The van der Waals surface area contributed by atoms with Crippen LogP contribution in [0.15, 0.2) is 23.1 Å². The first-order valence-electron chi connectivity index (χ1n) is 7.93. The standard InChI is InChI=1S/C15H24N2O5S2/c1-3-23(19,20)17-9-7-13-10-15(5-4-14(13)11-17)24(21,22)16-8-6-12(2)18/h4-5,10,12,16,18H,3,6-9,11H2,1-2H3. The molecule has 0 bridgehead atoms. The van der Waals surface area contributed by atoms with Crippen LogP contribution in [0.25, 0.3) is 0 Å². The normalized spacial score (nSPS) is 17.5. The van der Waals surface area contributed by atoms with Crippen LogP contribution in [0, 0.1) is 0 Å². The van der Waals surface area contributed by atoms with Crippen molar-refractivity contribution in [3.63, 3.8) is 0 Å². The molecule has 0 aliphatic carbocycles. The number of aliphatic hydroxyl groups excluding tert-OH is 1. The average Bonchev–Trinajstić information content (AvgIpc) is 2.53. The lowest BCUT2D eigenvalue weighted by molar-refractivity contribution is 0.186. The number of aliphatic hydroxyl groups is 1. The molecule has 1 atom stereocenters. The van der Waals surface area contributed by atoms with Crippen molar-refractivity contribution in [2.45, 2.75) is 44.2 Å². The summed E-state index contributed by atoms with van der Waals surface area (Å²) in [5.74, 6) is 0.0575. The van der Waals surface area contributed by atoms with Gasteiger partial charge in [0.2, 0.25) is 20.0 Å². The third-order valence-corrected chi connectivity index (χ3v) is 7.36. The molecule has 24 heavy (non-hydrogen) atoms. The molecule has 9 heteroatoms. The van der Waals surface area contributed by atoms with Crippen LogP contribution in [-0.4, -0.2) is 51.2 Å². The lowest BCUT2D eigenvalue weighted by atomic mass is 10.0. The maximum Gasteiger partial charge on any atom is 0.240 e. The van der Waals surface area contributed by atoms with Crippen LogP contribution in [0.2, 0.25) is 0 Å². The number of benzene rings is 1. The lowest BCUT2D eigenvalue weighted by Gasteiger charge is -2.28. The van der Waals surface area contributed by atoms with Crippen LogP contribution < -0.4 is 4.72 Å². The highest BCUT2D eigenvalue weighted by molar-refractivity contribution is 7.89. The summed E-state index contributed by atoms with van der Waals surface area (Å²) in [6, 6.07) is 4.78. The molecule has 7 nitrogen and oxygen atoms in total. The van der Waals surface area contributed by atoms with Crippen LogP contribution in [0.1, 0.15) is 31.4 Å². The molecule has 1 aromatic carbocycles. The Morgan fingerprint density at radius 3 is 2.58 bits per heavy atom. The van der Waals surface area contributed by atoms with Gasteiger partial charge < -0.3 is 5.11 Å². The molecule has 1 aliphatic heterocycles. The molecule has 0 spiro atoms. The summed E-state index contributed by atoms with van der Waals surface area (Å²) in [5.41, 5.74) is 1.69. The Kier molecular flexibility index (Phi) is 6.03. The zero-order valence-electron chi connectivity index (χ0n) is 13.9. The van der Waals surface area contributed by atoms with Crippen LogP contribution in [0.5, 0.6) is 0 Å². The van der Waals surface area contributed by atoms with Gasteiger partial charge in [-0.15, -0.1) is 0 Å². The molecule has 2 N–H and O–H groups in total. The van der Waals surface area contributed by atoms with Gasteiger partial charge in [0, 0.05) is 19.6 Å². The number of nitrogens with one attached hydrogen (secondary N) is 1. The SMILES string of the molecule is CCS(=O)(=O)N1CCc2cc(S(=O)(=O)NCCC(C)O)ccc2C1. The molecule has 0 radical (unpaired) electrons. The van der Waals surface area contributed by atoms with Crippen molar-refractivity contribution in [3.05, 3.63) is 29.3 Å². The smallest absolute Gasteiger partial charge is 0.240 e. The van der Waals surface area contributed by atoms with E-state index in [1.165, 1.54) is 10.4 Å². The highest BCUT2D eigenvalue weighted by Gasteiger charge is 2.26. The van der Waals surface area contributed by atoms with Gasteiger partial charge in [-0.25, -0.2) is 21.6 Å². The molecule has 136 valence electrons. The van der Waals surface area contributed by atoms with E-state index in [-0.39, 0.29) is 23.7 Å². The average molecular weight is 377 g/mol. The van der Waals surface area contributed by atoms with E-state index in [0.29, 0.717) is 19.4 Å². The molecule has 1 aromatic rings. The first-order valence-corrected chi connectivity index (χ1v) is 11.0. The maximum absolute atomic E-state index is 12.3. The van der Waals surface area contributed by atoms with Crippen molar-refractivity contribution < 1.29 is 21.9 Å². The van der Waals surface area contributed by atoms with Gasteiger partial charge in [0.25, 0.3) is 0 Å². The Labute approximate surface area is 143 Å². The summed E-state index contributed by atoms with van der Waals surface area (Å²) in [4.78, 5) is 0.165. The Hall–Kier alpha value is -1.00. The zero-order valence-corrected chi connectivity index (χ0v) is 15.5. The Morgan fingerprint density at radius 1 is 1.25 bits per heavy atom. The summed E-state index contributed by atoms with van der Waals surface area (Å²) >= 11 is 0. The van der Waals surface area contributed by atoms with Crippen molar-refractivity contribution in [2.24, 2.45) is 0 Å². The molecule has 1 heterocycles. The Morgan fingerprint density at radius 2 is 1.96 bits per heavy atom. The van der Waals surface area contributed by atoms with E-state index in [4.69, 9.17) is 0 Å². The van der Waals surface area contributed by atoms with Gasteiger partial charge in [0.05, 0.1) is 16.8 Å². The predicted molar refractivity (Wildman–Crippen MR) is 91.5 cm³/mol. The predicted octanol–water partition coefficient (Wildman–Crippen LogP) is 0.444. The largest absolute Gasteiger partial charge is 0.393 e. The van der Waals surface area contributed by atoms with E-state index < -0.39 is 26.2 Å². The first kappa shape index (κ1) is 19.3. The van der Waals surface area contributed by atoms with Crippen molar-refractivity contribution >= 4 is 20.0 Å². The minimum absolute atomic E-state index is 0.0575. The molecule has 2 rings (SSSR count). The molecule has 0 amide bonds. The maximum atomic E-state index is 12.3. The summed E-state index contributed by atoms with van der Waals surface area (Å²) in [7, 11) is -6.87. The molecular weight excluding hydrogens is 352 g/mol. The summed E-state index contributed by atoms with van der Waals surface area (Å²) in [6.07, 6.45) is 0.266. The van der Waals surface area contributed by atoms with Gasteiger partial charge in [-0.1, -0.05) is 6.07 Å². The fourth-order valence-corrected chi connectivity index (χ4v) is 4.74. The van der Waals surface area contributed by atoms with Crippen LogP contribution >= 0.6 is 0 Å². The minimum Gasteiger partial charge on any atom is -0.393 e. The van der Waals surface area contributed by atoms with E-state index in [9.17, 15) is 21.9 Å². The van der Waals surface area contributed by atoms with E-state index in [1.54, 1.807) is 26.0 Å². The first-order chi connectivity index (χ1) is 11.2. The highest BCUT2D eigenvalue weighted by Crippen LogP contribution is 2.24. The van der Waals surface area contributed by atoms with Gasteiger partial charge in [-0.05, 0) is 49.9 Å². The van der Waals surface area contributed by atoms with Gasteiger partial charge in [-0.2, -0.15) is 4.31 Å². The number of hydrogen-bond acceptors (Lipinski definition) is 5. The number of sulfonamides is 2. The van der Waals surface area contributed by atoms with Crippen molar-refractivity contribution in [1.82, 2.24) is 9.03 Å². The number of hydrogen-bond donors (Lipinski definition) is 2. The molecular formula is C15H24N2O5S2. The molecule has 1 aliphatic rings. The molecule has 0 saturated heterocycles. The summed E-state index contributed by atoms with van der Waals surface area (Å²) in [6.45, 7) is 4.02. The number of rotatable bonds is 7.